The number of hydrogen-bond donors (Lipinski definition) is 1. The molecule has 1 aromatic rings. The van der Waals surface area contributed by atoms with Gasteiger partial charge in [0.25, 0.3) is 5.91 Å². The molecule has 2 aliphatic heterocycles. The van der Waals surface area contributed by atoms with Gasteiger partial charge in [-0.3, -0.25) is 4.79 Å². The van der Waals surface area contributed by atoms with Crippen LogP contribution in [-0.2, 0) is 20.8 Å². The van der Waals surface area contributed by atoms with E-state index >= 15 is 0 Å². The molecule has 4 rings (SSSR count). The quantitative estimate of drug-likeness (QED) is 0.290. The van der Waals surface area contributed by atoms with Gasteiger partial charge >= 0.3 is 5.97 Å². The van der Waals surface area contributed by atoms with Gasteiger partial charge in [-0.15, -0.1) is 0 Å². The predicted molar refractivity (Wildman–Crippen MR) is 144 cm³/mol. The summed E-state index contributed by atoms with van der Waals surface area (Å²) in [6.45, 7) is 3.23. The lowest BCUT2D eigenvalue weighted by Gasteiger charge is -2.29. The molecule has 1 saturated heterocycles. The van der Waals surface area contributed by atoms with Gasteiger partial charge in [0.1, 0.15) is 11.9 Å². The molecule has 2 heterocycles. The number of halogens is 1. The first-order chi connectivity index (χ1) is 17.9. The zero-order valence-corrected chi connectivity index (χ0v) is 22.3. The number of likely N-dealkylation sites (tertiary alicyclic amines) is 1. The minimum atomic E-state index is -0.443. The number of cyclic esters (lactones) is 1. The number of ether oxygens (including phenoxy) is 1. The summed E-state index contributed by atoms with van der Waals surface area (Å²) < 4.78 is 5.82. The standard InChI is InChI=1S/C29H37ClN2O5/c1-20-11-6-3-2-4-7-14-22(31-36-19-26(34)32-15-8-5-9-16-32)17-24-27(29(35)37-20)23(21-12-10-13-21)18-25(33)28(24)30/h3,6-7,14,18,20-21,33H,2,4-5,8-13,15-17,19H2,1H3/b6-3+,14-7+,31-22-/t20-/m1/s1. The van der Waals surface area contributed by atoms with E-state index in [9.17, 15) is 14.7 Å². The van der Waals surface area contributed by atoms with Crippen LogP contribution < -0.4 is 0 Å². The summed E-state index contributed by atoms with van der Waals surface area (Å²) in [6.07, 6.45) is 16.2. The molecule has 1 aromatic carbocycles. The molecule has 1 atom stereocenters. The summed E-state index contributed by atoms with van der Waals surface area (Å²) in [4.78, 5) is 33.3. The number of nitrogens with zero attached hydrogens (tertiary/aromatic N) is 2. The topological polar surface area (TPSA) is 88.4 Å². The SMILES string of the molecule is C[C@@H]1C/C=C/CC/C=C/C(=N/OCC(=O)N2CCCCC2)Cc2c(Cl)c(O)cc(C3CCC3)c2C(=O)O1. The number of hydrogen-bond acceptors (Lipinski definition) is 6. The van der Waals surface area contributed by atoms with Crippen LogP contribution in [0.2, 0.25) is 5.02 Å². The number of carbonyl (C=O) groups excluding carboxylic acids is 2. The Labute approximate surface area is 224 Å². The van der Waals surface area contributed by atoms with Crippen LogP contribution in [0.15, 0.2) is 35.5 Å². The molecule has 0 bridgehead atoms. The van der Waals surface area contributed by atoms with Crippen molar-refractivity contribution in [1.82, 2.24) is 4.90 Å². The van der Waals surface area contributed by atoms with Gasteiger partial charge in [0.15, 0.2) is 6.61 Å². The van der Waals surface area contributed by atoms with Crippen molar-refractivity contribution in [3.63, 3.8) is 0 Å². The highest BCUT2D eigenvalue weighted by molar-refractivity contribution is 6.33. The maximum atomic E-state index is 13.5. The third-order valence-electron chi connectivity index (χ3n) is 7.31. The summed E-state index contributed by atoms with van der Waals surface area (Å²) in [5.41, 5.74) is 2.17. The maximum Gasteiger partial charge on any atom is 0.339 e. The van der Waals surface area contributed by atoms with Crippen LogP contribution in [0.5, 0.6) is 5.75 Å². The smallest absolute Gasteiger partial charge is 0.339 e. The van der Waals surface area contributed by atoms with Crippen LogP contribution in [-0.4, -0.2) is 53.4 Å². The van der Waals surface area contributed by atoms with E-state index < -0.39 is 5.97 Å². The molecule has 3 aliphatic rings. The van der Waals surface area contributed by atoms with Crippen molar-refractivity contribution in [2.75, 3.05) is 19.7 Å². The van der Waals surface area contributed by atoms with Gasteiger partial charge in [0.05, 0.1) is 16.3 Å². The van der Waals surface area contributed by atoms with Crippen LogP contribution in [0.3, 0.4) is 0 Å². The second-order valence-electron chi connectivity index (χ2n) is 10.2. The number of piperidine rings is 1. The molecule has 1 aliphatic carbocycles. The van der Waals surface area contributed by atoms with Crippen LogP contribution in [0.4, 0.5) is 0 Å². The van der Waals surface area contributed by atoms with Crippen molar-refractivity contribution in [1.29, 1.82) is 0 Å². The Morgan fingerprint density at radius 1 is 1.16 bits per heavy atom. The minimum Gasteiger partial charge on any atom is -0.506 e. The summed E-state index contributed by atoms with van der Waals surface area (Å²) in [7, 11) is 0. The number of esters is 1. The molecular weight excluding hydrogens is 492 g/mol. The highest BCUT2D eigenvalue weighted by atomic mass is 35.5. The van der Waals surface area contributed by atoms with Gasteiger partial charge in [-0.25, -0.2) is 4.79 Å². The molecule has 0 aromatic heterocycles. The lowest BCUT2D eigenvalue weighted by Crippen LogP contribution is -2.37. The number of carbonyl (C=O) groups is 2. The first kappa shape index (κ1) is 27.2. The van der Waals surface area contributed by atoms with E-state index in [2.05, 4.69) is 11.2 Å². The van der Waals surface area contributed by atoms with Crippen LogP contribution in [0.25, 0.3) is 0 Å². The van der Waals surface area contributed by atoms with Crippen LogP contribution in [0.1, 0.15) is 92.1 Å². The maximum absolute atomic E-state index is 13.5. The number of oxime groups is 1. The van der Waals surface area contributed by atoms with E-state index in [1.165, 1.54) is 0 Å². The van der Waals surface area contributed by atoms with Crippen molar-refractivity contribution in [2.45, 2.75) is 83.2 Å². The summed E-state index contributed by atoms with van der Waals surface area (Å²) >= 11 is 6.60. The Morgan fingerprint density at radius 3 is 2.65 bits per heavy atom. The van der Waals surface area contributed by atoms with Crippen LogP contribution in [0, 0.1) is 0 Å². The number of benzene rings is 1. The van der Waals surface area contributed by atoms with Gasteiger partial charge in [-0.2, -0.15) is 0 Å². The van der Waals surface area contributed by atoms with Crippen molar-refractivity contribution in [2.24, 2.45) is 5.16 Å². The molecule has 8 heteroatoms. The number of aromatic hydroxyl groups is 1. The fourth-order valence-electron chi connectivity index (χ4n) is 4.98. The van der Waals surface area contributed by atoms with Crippen molar-refractivity contribution < 1.29 is 24.3 Å². The van der Waals surface area contributed by atoms with Crippen molar-refractivity contribution >= 4 is 29.2 Å². The number of rotatable bonds is 4. The van der Waals surface area contributed by atoms with E-state index in [0.717, 1.165) is 70.0 Å². The molecular formula is C29H37ClN2O5. The van der Waals surface area contributed by atoms with Gasteiger partial charge in [-0.1, -0.05) is 41.4 Å². The first-order valence-corrected chi connectivity index (χ1v) is 13.8. The van der Waals surface area contributed by atoms with Gasteiger partial charge in [0.2, 0.25) is 0 Å². The molecule has 200 valence electrons. The number of fused-ring (bicyclic) bond motifs is 1. The molecule has 2 fully saturated rings. The third kappa shape index (κ3) is 7.16. The fourth-order valence-corrected chi connectivity index (χ4v) is 5.20. The molecule has 1 saturated carbocycles. The van der Waals surface area contributed by atoms with Gasteiger partial charge < -0.3 is 19.6 Å². The minimum absolute atomic E-state index is 0.0586. The van der Waals surface area contributed by atoms with Crippen molar-refractivity contribution in [3.8, 4) is 5.75 Å². The zero-order chi connectivity index (χ0) is 26.2. The van der Waals surface area contributed by atoms with E-state index in [0.29, 0.717) is 23.3 Å². The monoisotopic (exact) mass is 528 g/mol. The Kier molecular flexibility index (Phi) is 9.67. The Bertz CT molecular complexity index is 1070. The molecule has 37 heavy (non-hydrogen) atoms. The second-order valence-corrected chi connectivity index (χ2v) is 10.5. The number of phenolic OH excluding ortho intramolecular Hbond substituents is 1. The van der Waals surface area contributed by atoms with Crippen LogP contribution >= 0.6 is 11.6 Å². The highest BCUT2D eigenvalue weighted by Gasteiger charge is 2.31. The number of phenols is 1. The fraction of sp³-hybridized carbons (Fsp3) is 0.552. The largest absolute Gasteiger partial charge is 0.506 e. The normalized spacial score (nSPS) is 24.4. The molecule has 0 unspecified atom stereocenters. The molecule has 1 amide bonds. The first-order valence-electron chi connectivity index (χ1n) is 13.5. The van der Waals surface area contributed by atoms with Crippen molar-refractivity contribution in [3.05, 3.63) is 52.1 Å². The third-order valence-corrected chi connectivity index (χ3v) is 7.73. The van der Waals surface area contributed by atoms with E-state index in [1.807, 2.05) is 30.1 Å². The molecule has 0 spiro atoms. The lowest BCUT2D eigenvalue weighted by molar-refractivity contribution is -0.137. The van der Waals surface area contributed by atoms with Gasteiger partial charge in [-0.05, 0) is 81.1 Å². The molecule has 0 radical (unpaired) electrons. The average Bonchev–Trinajstić information content (AvgIpc) is 2.85. The molecule has 1 N–H and O–H groups in total. The predicted octanol–water partition coefficient (Wildman–Crippen LogP) is 6.08. The Balaban J connectivity index is 1.65. The van der Waals surface area contributed by atoms with E-state index in [4.69, 9.17) is 21.2 Å². The lowest BCUT2D eigenvalue weighted by atomic mass is 9.76. The summed E-state index contributed by atoms with van der Waals surface area (Å²) in [5, 5.41) is 15.1. The average molecular weight is 529 g/mol. The summed E-state index contributed by atoms with van der Waals surface area (Å²) in [6, 6.07) is 1.61. The van der Waals surface area contributed by atoms with E-state index in [1.54, 1.807) is 6.07 Å². The van der Waals surface area contributed by atoms with Gasteiger partial charge in [0, 0.05) is 25.9 Å². The zero-order valence-electron chi connectivity index (χ0n) is 21.6. The number of allylic oxidation sites excluding steroid dienone is 3. The number of amides is 1. The second kappa shape index (κ2) is 13.1. The Morgan fingerprint density at radius 2 is 1.92 bits per heavy atom. The Hall–Kier alpha value is -2.80. The molecule has 7 nitrogen and oxygen atoms in total. The summed E-state index contributed by atoms with van der Waals surface area (Å²) in [5.74, 6) is -0.411. The highest BCUT2D eigenvalue weighted by Crippen LogP contribution is 2.44. The van der Waals surface area contributed by atoms with E-state index in [-0.39, 0.29) is 41.7 Å².